The zero-order chi connectivity index (χ0) is 16.5. The molecule has 1 heterocycles. The predicted octanol–water partition coefficient (Wildman–Crippen LogP) is 4.89. The van der Waals surface area contributed by atoms with Gasteiger partial charge in [0, 0.05) is 0 Å². The molecule has 23 heavy (non-hydrogen) atoms. The van der Waals surface area contributed by atoms with E-state index >= 15 is 0 Å². The van der Waals surface area contributed by atoms with Gasteiger partial charge in [0.25, 0.3) is 0 Å². The van der Waals surface area contributed by atoms with Crippen molar-refractivity contribution in [2.45, 2.75) is 24.4 Å². The zero-order valence-corrected chi connectivity index (χ0v) is 12.3. The predicted molar refractivity (Wildman–Crippen MR) is 78.7 cm³/mol. The van der Waals surface area contributed by atoms with Gasteiger partial charge in [-0.15, -0.1) is 0 Å². The van der Waals surface area contributed by atoms with Crippen molar-refractivity contribution >= 4 is 0 Å². The molecule has 0 aliphatic carbocycles. The van der Waals surface area contributed by atoms with E-state index in [0.29, 0.717) is 5.56 Å². The molecule has 0 N–H and O–H groups in total. The van der Waals surface area contributed by atoms with Gasteiger partial charge < -0.3 is 4.74 Å². The Balaban J connectivity index is 1.86. The molecule has 1 saturated heterocycles. The van der Waals surface area contributed by atoms with Crippen LogP contribution in [0.4, 0.5) is 17.6 Å². The summed E-state index contributed by atoms with van der Waals surface area (Å²) in [6.07, 6.45) is -2.07. The highest BCUT2D eigenvalue weighted by Gasteiger charge is 2.68. The first-order valence-corrected chi connectivity index (χ1v) is 7.39. The summed E-state index contributed by atoms with van der Waals surface area (Å²) in [6.45, 7) is -0.406. The third-order valence-corrected chi connectivity index (χ3v) is 4.18. The van der Waals surface area contributed by atoms with Crippen molar-refractivity contribution in [1.29, 1.82) is 0 Å². The molecule has 122 valence electrons. The minimum Gasteiger partial charge on any atom is -0.366 e. The van der Waals surface area contributed by atoms with Crippen LogP contribution in [0.1, 0.15) is 17.2 Å². The molecule has 0 radical (unpaired) electrons. The van der Waals surface area contributed by atoms with E-state index in [4.69, 9.17) is 4.74 Å². The minimum absolute atomic E-state index is 0.0651. The first-order valence-electron chi connectivity index (χ1n) is 7.39. The third-order valence-electron chi connectivity index (χ3n) is 4.18. The molecule has 1 nitrogen and oxygen atoms in total. The Kier molecular flexibility index (Phi) is 4.15. The summed E-state index contributed by atoms with van der Waals surface area (Å²) in [5.41, 5.74) is 0.657. The van der Waals surface area contributed by atoms with Gasteiger partial charge >= 0.3 is 11.8 Å². The van der Waals surface area contributed by atoms with E-state index in [2.05, 4.69) is 0 Å². The zero-order valence-electron chi connectivity index (χ0n) is 12.3. The highest BCUT2D eigenvalue weighted by atomic mass is 19.3. The van der Waals surface area contributed by atoms with Crippen LogP contribution in [-0.2, 0) is 11.2 Å². The van der Waals surface area contributed by atoms with Crippen LogP contribution in [0.2, 0.25) is 0 Å². The van der Waals surface area contributed by atoms with Crippen LogP contribution in [0.15, 0.2) is 60.7 Å². The smallest absolute Gasteiger partial charge is 0.340 e. The molecule has 0 spiro atoms. The summed E-state index contributed by atoms with van der Waals surface area (Å²) in [5.74, 6) is -9.95. The van der Waals surface area contributed by atoms with Crippen molar-refractivity contribution in [2.75, 3.05) is 6.61 Å². The molecule has 0 unspecified atom stereocenters. The second kappa shape index (κ2) is 5.96. The fourth-order valence-corrected chi connectivity index (χ4v) is 2.89. The van der Waals surface area contributed by atoms with Gasteiger partial charge in [0.05, 0.1) is 12.5 Å². The molecule has 3 rings (SSSR count). The average Bonchev–Trinajstić information content (AvgIpc) is 2.54. The van der Waals surface area contributed by atoms with Crippen molar-refractivity contribution in [3.8, 4) is 0 Å². The van der Waals surface area contributed by atoms with Crippen LogP contribution in [0.25, 0.3) is 0 Å². The molecule has 1 aliphatic rings. The summed E-state index contributed by atoms with van der Waals surface area (Å²) < 4.78 is 62.9. The van der Waals surface area contributed by atoms with Crippen molar-refractivity contribution in [3.63, 3.8) is 0 Å². The largest absolute Gasteiger partial charge is 0.366 e. The van der Waals surface area contributed by atoms with E-state index in [1.54, 1.807) is 36.4 Å². The Bertz CT molecular complexity index is 643. The van der Waals surface area contributed by atoms with Gasteiger partial charge in [0.15, 0.2) is 6.10 Å². The lowest BCUT2D eigenvalue weighted by Crippen LogP contribution is -2.56. The van der Waals surface area contributed by atoms with Crippen molar-refractivity contribution in [1.82, 2.24) is 0 Å². The van der Waals surface area contributed by atoms with Crippen molar-refractivity contribution < 1.29 is 22.3 Å². The summed E-state index contributed by atoms with van der Waals surface area (Å²) in [7, 11) is 0. The highest BCUT2D eigenvalue weighted by Crippen LogP contribution is 2.53. The average molecular weight is 324 g/mol. The number of benzene rings is 2. The van der Waals surface area contributed by atoms with E-state index in [1.165, 1.54) is 24.3 Å². The molecule has 2 aromatic carbocycles. The van der Waals surface area contributed by atoms with Gasteiger partial charge in [-0.3, -0.25) is 0 Å². The third kappa shape index (κ3) is 2.85. The van der Waals surface area contributed by atoms with E-state index in [-0.39, 0.29) is 12.0 Å². The normalized spacial score (nSPS) is 25.9. The van der Waals surface area contributed by atoms with Gasteiger partial charge in [0.2, 0.25) is 0 Å². The first kappa shape index (κ1) is 16.0. The Morgan fingerprint density at radius 3 is 2.00 bits per heavy atom. The second-order valence-electron chi connectivity index (χ2n) is 5.76. The lowest BCUT2D eigenvalue weighted by Gasteiger charge is -2.42. The molecular weight excluding hydrogens is 308 g/mol. The molecule has 5 heteroatoms. The van der Waals surface area contributed by atoms with Gasteiger partial charge in [-0.2, -0.15) is 17.6 Å². The number of ether oxygens (including phenoxy) is 1. The molecule has 0 saturated carbocycles. The van der Waals surface area contributed by atoms with Crippen LogP contribution in [0.3, 0.4) is 0 Å². The minimum atomic E-state index is -4.26. The van der Waals surface area contributed by atoms with Crippen LogP contribution < -0.4 is 0 Å². The van der Waals surface area contributed by atoms with Gasteiger partial charge in [-0.1, -0.05) is 60.7 Å². The Morgan fingerprint density at radius 2 is 1.39 bits per heavy atom. The second-order valence-corrected chi connectivity index (χ2v) is 5.76. The standard InChI is InChI=1S/C18H16F4O/c19-17(20)15(11-13-7-3-1-4-8-13)12-23-16(18(17,21)22)14-9-5-2-6-10-14/h1-10,15-16H,11-12H2/t15-,16+/m0/s1. The SMILES string of the molecule is FC1(F)[C@@H](Cc2ccccc2)CO[C@H](c2ccccc2)C1(F)F. The molecular formula is C18H16F4O. The van der Waals surface area contributed by atoms with Crippen molar-refractivity contribution in [3.05, 3.63) is 71.8 Å². The molecule has 0 aromatic heterocycles. The lowest BCUT2D eigenvalue weighted by molar-refractivity contribution is -0.324. The monoisotopic (exact) mass is 324 g/mol. The van der Waals surface area contributed by atoms with E-state index in [9.17, 15) is 17.6 Å². The van der Waals surface area contributed by atoms with Gasteiger partial charge in [0.1, 0.15) is 0 Å². The summed E-state index contributed by atoms with van der Waals surface area (Å²) >= 11 is 0. The number of rotatable bonds is 3. The molecule has 0 bridgehead atoms. The maximum absolute atomic E-state index is 14.4. The first-order chi connectivity index (χ1) is 10.9. The molecule has 2 atom stereocenters. The van der Waals surface area contributed by atoms with Crippen LogP contribution in [0.5, 0.6) is 0 Å². The van der Waals surface area contributed by atoms with Gasteiger partial charge in [-0.25, -0.2) is 0 Å². The summed E-state index contributed by atoms with van der Waals surface area (Å²) in [5, 5.41) is 0. The number of halogens is 4. The quantitative estimate of drug-likeness (QED) is 0.731. The Hall–Kier alpha value is -1.88. The summed E-state index contributed by atoms with van der Waals surface area (Å²) in [6, 6.07) is 15.9. The Morgan fingerprint density at radius 1 is 0.826 bits per heavy atom. The maximum atomic E-state index is 14.4. The van der Waals surface area contributed by atoms with E-state index in [1.807, 2.05) is 0 Å². The topological polar surface area (TPSA) is 9.23 Å². The maximum Gasteiger partial charge on any atom is 0.340 e. The van der Waals surface area contributed by atoms with Crippen LogP contribution in [0, 0.1) is 5.92 Å². The molecule has 1 fully saturated rings. The Labute approximate surface area is 131 Å². The number of hydrogen-bond donors (Lipinski definition) is 0. The molecule has 2 aromatic rings. The molecule has 1 aliphatic heterocycles. The number of hydrogen-bond acceptors (Lipinski definition) is 1. The number of alkyl halides is 4. The van der Waals surface area contributed by atoms with Gasteiger partial charge in [-0.05, 0) is 17.5 Å². The molecule has 0 amide bonds. The van der Waals surface area contributed by atoms with Crippen molar-refractivity contribution in [2.24, 2.45) is 5.92 Å². The van der Waals surface area contributed by atoms with E-state index in [0.717, 1.165) is 0 Å². The van der Waals surface area contributed by atoms with Crippen LogP contribution >= 0.6 is 0 Å². The fraction of sp³-hybridized carbons (Fsp3) is 0.333. The lowest BCUT2D eigenvalue weighted by atomic mass is 9.84. The van der Waals surface area contributed by atoms with E-state index < -0.39 is 30.5 Å². The summed E-state index contributed by atoms with van der Waals surface area (Å²) in [4.78, 5) is 0. The van der Waals surface area contributed by atoms with Crippen LogP contribution in [-0.4, -0.2) is 18.5 Å². The highest BCUT2D eigenvalue weighted by molar-refractivity contribution is 5.23. The fourth-order valence-electron chi connectivity index (χ4n) is 2.89.